The van der Waals surface area contributed by atoms with E-state index >= 15 is 0 Å². The Morgan fingerprint density at radius 2 is 1.84 bits per heavy atom. The second kappa shape index (κ2) is 6.87. The number of amides is 1. The van der Waals surface area contributed by atoms with Crippen molar-refractivity contribution >= 4 is 15.7 Å². The Balaban J connectivity index is 1.75. The van der Waals surface area contributed by atoms with Crippen molar-refractivity contribution in [2.24, 2.45) is 0 Å². The van der Waals surface area contributed by atoms with Crippen molar-refractivity contribution in [2.75, 3.05) is 25.9 Å². The molecule has 2 saturated heterocycles. The molecule has 2 heterocycles. The van der Waals surface area contributed by atoms with Crippen LogP contribution in [-0.4, -0.2) is 57.3 Å². The summed E-state index contributed by atoms with van der Waals surface area (Å²) in [6, 6.07) is 2.14. The Morgan fingerprint density at radius 3 is 2.48 bits per heavy atom. The predicted molar refractivity (Wildman–Crippen MR) is 86.1 cm³/mol. The number of nitrogens with zero attached hydrogens (tertiary/aromatic N) is 1. The molecule has 9 heteroatoms. The number of nitrogens with one attached hydrogen (secondary N) is 1. The number of likely N-dealkylation sites (tertiary alicyclic amines) is 1. The molecule has 138 valence electrons. The summed E-state index contributed by atoms with van der Waals surface area (Å²) in [5, 5.41) is 3.23. The number of carbonyl (C=O) groups is 1. The third-order valence-corrected chi connectivity index (χ3v) is 5.73. The van der Waals surface area contributed by atoms with E-state index in [0.29, 0.717) is 13.0 Å². The number of sulfone groups is 1. The molecular weight excluding hydrogens is 354 g/mol. The molecule has 1 amide bonds. The zero-order chi connectivity index (χ0) is 18.2. The van der Waals surface area contributed by atoms with Gasteiger partial charge >= 0.3 is 0 Å². The van der Waals surface area contributed by atoms with Gasteiger partial charge in [-0.1, -0.05) is 0 Å². The van der Waals surface area contributed by atoms with Crippen LogP contribution in [0.1, 0.15) is 19.3 Å². The van der Waals surface area contributed by atoms with Gasteiger partial charge in [-0.25, -0.2) is 12.8 Å². The number of halogens is 2. The number of benzene rings is 1. The lowest BCUT2D eigenvalue weighted by Gasteiger charge is -2.31. The molecule has 2 aliphatic rings. The minimum Gasteiger partial charge on any atom is -0.477 e. The van der Waals surface area contributed by atoms with Crippen molar-refractivity contribution in [3.05, 3.63) is 23.8 Å². The quantitative estimate of drug-likeness (QED) is 0.854. The van der Waals surface area contributed by atoms with Crippen LogP contribution in [0.5, 0.6) is 5.75 Å². The maximum Gasteiger partial charge on any atom is 0.263 e. The maximum atomic E-state index is 14.1. The number of carbonyl (C=O) groups excluding carboxylic acids is 1. The fourth-order valence-electron chi connectivity index (χ4n) is 3.31. The van der Waals surface area contributed by atoms with Crippen LogP contribution in [-0.2, 0) is 14.6 Å². The second-order valence-electron chi connectivity index (χ2n) is 6.37. The van der Waals surface area contributed by atoms with Crippen molar-refractivity contribution in [1.82, 2.24) is 10.2 Å². The maximum absolute atomic E-state index is 14.1. The molecule has 1 N–H and O–H groups in total. The highest BCUT2D eigenvalue weighted by Gasteiger charge is 2.38. The van der Waals surface area contributed by atoms with Crippen molar-refractivity contribution in [3.63, 3.8) is 0 Å². The van der Waals surface area contributed by atoms with Crippen LogP contribution in [0.15, 0.2) is 17.0 Å². The number of rotatable bonds is 4. The third kappa shape index (κ3) is 3.62. The van der Waals surface area contributed by atoms with Crippen LogP contribution >= 0.6 is 0 Å². The van der Waals surface area contributed by atoms with Gasteiger partial charge in [0.2, 0.25) is 5.82 Å². The number of hydrogen-bond acceptors (Lipinski definition) is 5. The molecule has 25 heavy (non-hydrogen) atoms. The molecule has 2 aliphatic heterocycles. The Bertz CT molecular complexity index is 779. The van der Waals surface area contributed by atoms with Gasteiger partial charge in [-0.2, -0.15) is 4.39 Å². The molecule has 0 radical (unpaired) electrons. The SMILES string of the molecule is CS(=O)(=O)c1ccc(OC2CCN(C3CCNCC3)C2=O)c(F)c1F. The van der Waals surface area contributed by atoms with E-state index in [0.717, 1.165) is 44.3 Å². The van der Waals surface area contributed by atoms with E-state index in [4.69, 9.17) is 4.74 Å². The first-order chi connectivity index (χ1) is 11.8. The Labute approximate surface area is 145 Å². The zero-order valence-electron chi connectivity index (χ0n) is 13.8. The highest BCUT2D eigenvalue weighted by atomic mass is 32.2. The van der Waals surface area contributed by atoms with Crippen molar-refractivity contribution in [2.45, 2.75) is 36.3 Å². The summed E-state index contributed by atoms with van der Waals surface area (Å²) in [7, 11) is -3.89. The molecular formula is C16H20F2N2O4S. The Kier molecular flexibility index (Phi) is 4.97. The molecule has 0 saturated carbocycles. The summed E-state index contributed by atoms with van der Waals surface area (Å²) in [4.78, 5) is 13.5. The molecule has 1 aromatic rings. The molecule has 1 atom stereocenters. The summed E-state index contributed by atoms with van der Waals surface area (Å²) < 4.78 is 56.3. The first-order valence-corrected chi connectivity index (χ1v) is 10.0. The molecule has 0 spiro atoms. The minimum absolute atomic E-state index is 0.136. The minimum atomic E-state index is -3.89. The molecule has 0 aliphatic carbocycles. The fraction of sp³-hybridized carbons (Fsp3) is 0.562. The van der Waals surface area contributed by atoms with E-state index in [1.165, 1.54) is 0 Å². The van der Waals surface area contributed by atoms with Crippen molar-refractivity contribution in [3.8, 4) is 5.75 Å². The van der Waals surface area contributed by atoms with Gasteiger partial charge < -0.3 is 15.0 Å². The zero-order valence-corrected chi connectivity index (χ0v) is 14.6. The summed E-state index contributed by atoms with van der Waals surface area (Å²) in [6.07, 6.45) is 2.00. The highest BCUT2D eigenvalue weighted by Crippen LogP contribution is 2.29. The Hall–Kier alpha value is -1.74. The smallest absolute Gasteiger partial charge is 0.263 e. The third-order valence-electron chi connectivity index (χ3n) is 4.62. The molecule has 3 rings (SSSR count). The molecule has 2 fully saturated rings. The lowest BCUT2D eigenvalue weighted by Crippen LogP contribution is -2.45. The summed E-state index contributed by atoms with van der Waals surface area (Å²) in [5.74, 6) is -3.56. The highest BCUT2D eigenvalue weighted by molar-refractivity contribution is 7.90. The average molecular weight is 374 g/mol. The van der Waals surface area contributed by atoms with Gasteiger partial charge in [-0.15, -0.1) is 0 Å². The van der Waals surface area contributed by atoms with E-state index in [9.17, 15) is 22.0 Å². The van der Waals surface area contributed by atoms with Gasteiger partial charge in [0.25, 0.3) is 5.91 Å². The van der Waals surface area contributed by atoms with Crippen LogP contribution in [0, 0.1) is 11.6 Å². The lowest BCUT2D eigenvalue weighted by molar-refractivity contribution is -0.135. The van der Waals surface area contributed by atoms with Gasteiger partial charge in [0, 0.05) is 25.3 Å². The first-order valence-electron chi connectivity index (χ1n) is 8.15. The van der Waals surface area contributed by atoms with Crippen LogP contribution in [0.2, 0.25) is 0 Å². The summed E-state index contributed by atoms with van der Waals surface area (Å²) in [5.41, 5.74) is 0. The molecule has 6 nitrogen and oxygen atoms in total. The molecule has 1 aromatic carbocycles. The van der Waals surface area contributed by atoms with E-state index in [1.54, 1.807) is 4.90 Å². The van der Waals surface area contributed by atoms with E-state index in [2.05, 4.69) is 5.32 Å². The molecule has 0 aromatic heterocycles. The van der Waals surface area contributed by atoms with Crippen LogP contribution in [0.4, 0.5) is 8.78 Å². The summed E-state index contributed by atoms with van der Waals surface area (Å²) in [6.45, 7) is 2.19. The molecule has 1 unspecified atom stereocenters. The van der Waals surface area contributed by atoms with Crippen LogP contribution in [0.3, 0.4) is 0 Å². The number of ether oxygens (including phenoxy) is 1. The van der Waals surface area contributed by atoms with Gasteiger partial charge in [0.05, 0.1) is 0 Å². The first kappa shape index (κ1) is 18.1. The molecule has 0 bridgehead atoms. The summed E-state index contributed by atoms with van der Waals surface area (Å²) >= 11 is 0. The monoisotopic (exact) mass is 374 g/mol. The van der Waals surface area contributed by atoms with Gasteiger partial charge in [-0.3, -0.25) is 4.79 Å². The lowest BCUT2D eigenvalue weighted by atomic mass is 10.1. The number of piperidine rings is 1. The van der Waals surface area contributed by atoms with Gasteiger partial charge in [-0.05, 0) is 38.1 Å². The predicted octanol–water partition coefficient (Wildman–Crippen LogP) is 1.10. The van der Waals surface area contributed by atoms with E-state index < -0.39 is 38.2 Å². The average Bonchev–Trinajstić information content (AvgIpc) is 2.92. The van der Waals surface area contributed by atoms with Gasteiger partial charge in [0.1, 0.15) is 4.90 Å². The second-order valence-corrected chi connectivity index (χ2v) is 8.35. The van der Waals surface area contributed by atoms with Crippen LogP contribution in [0.25, 0.3) is 0 Å². The van der Waals surface area contributed by atoms with Crippen molar-refractivity contribution in [1.29, 1.82) is 0 Å². The van der Waals surface area contributed by atoms with E-state index in [1.807, 2.05) is 0 Å². The van der Waals surface area contributed by atoms with Crippen LogP contribution < -0.4 is 10.1 Å². The van der Waals surface area contributed by atoms with E-state index in [-0.39, 0.29) is 11.9 Å². The Morgan fingerprint density at radius 1 is 1.16 bits per heavy atom. The number of hydrogen-bond donors (Lipinski definition) is 1. The fourth-order valence-corrected chi connectivity index (χ4v) is 4.04. The topological polar surface area (TPSA) is 75.7 Å². The normalized spacial score (nSPS) is 22.4. The van der Waals surface area contributed by atoms with Gasteiger partial charge in [0.15, 0.2) is 27.5 Å². The standard InChI is InChI=1S/C16H20F2N2O4S/c1-25(22,23)13-3-2-11(14(17)15(13)18)24-12-6-9-20(16(12)21)10-4-7-19-8-5-10/h2-3,10,12,19H,4-9H2,1H3. The largest absolute Gasteiger partial charge is 0.477 e. The van der Waals surface area contributed by atoms with Crippen molar-refractivity contribution < 1.29 is 26.7 Å².